The standard InChI is InChI=1S/C23H27FN2O4/c1-23(22(28)29,16-6-4-3-5-7-16)26-21(27)17-10-8-15(13-19(17)25)14-9-11-20(30-2)18(24)12-14/h8-13,16H,3-7,25H2,1-2H3,(H,26,27)(H,28,29)/t23-/m0/s1. The Labute approximate surface area is 175 Å². The minimum atomic E-state index is -1.36. The van der Waals surface area contributed by atoms with Crippen LogP contribution in [0.25, 0.3) is 11.1 Å². The highest BCUT2D eigenvalue weighted by Gasteiger charge is 2.43. The van der Waals surface area contributed by atoms with Crippen LogP contribution in [0.1, 0.15) is 49.4 Å². The minimum Gasteiger partial charge on any atom is -0.494 e. The maximum Gasteiger partial charge on any atom is 0.329 e. The highest BCUT2D eigenvalue weighted by molar-refractivity contribution is 6.02. The Hall–Kier alpha value is -3.09. The summed E-state index contributed by atoms with van der Waals surface area (Å²) in [5.74, 6) is -2.07. The number of aliphatic carboxylic acids is 1. The van der Waals surface area contributed by atoms with Gasteiger partial charge in [0.15, 0.2) is 11.6 Å². The number of nitrogen functional groups attached to an aromatic ring is 1. The highest BCUT2D eigenvalue weighted by Crippen LogP contribution is 2.34. The number of hydrogen-bond donors (Lipinski definition) is 3. The van der Waals surface area contributed by atoms with Crippen LogP contribution in [0.3, 0.4) is 0 Å². The van der Waals surface area contributed by atoms with Gasteiger partial charge < -0.3 is 20.9 Å². The predicted octanol–water partition coefficient (Wildman–Crippen LogP) is 4.24. The minimum absolute atomic E-state index is 0.129. The Kier molecular flexibility index (Phi) is 6.29. The van der Waals surface area contributed by atoms with Crippen LogP contribution in [0, 0.1) is 11.7 Å². The average Bonchev–Trinajstić information content (AvgIpc) is 2.73. The van der Waals surface area contributed by atoms with Crippen molar-refractivity contribution in [3.05, 3.63) is 47.8 Å². The maximum absolute atomic E-state index is 14.0. The SMILES string of the molecule is COc1ccc(-c2ccc(C(=O)N[C@](C)(C(=O)O)C3CCCCC3)c(N)c2)cc1F. The Morgan fingerprint density at radius 3 is 2.33 bits per heavy atom. The van der Waals surface area contributed by atoms with Crippen LogP contribution >= 0.6 is 0 Å². The van der Waals surface area contributed by atoms with Gasteiger partial charge in [0.25, 0.3) is 5.91 Å². The van der Waals surface area contributed by atoms with Gasteiger partial charge in [0.2, 0.25) is 0 Å². The fourth-order valence-corrected chi connectivity index (χ4v) is 4.11. The van der Waals surface area contributed by atoms with Crippen LogP contribution in [0.2, 0.25) is 0 Å². The number of nitrogens with one attached hydrogen (secondary N) is 1. The summed E-state index contributed by atoms with van der Waals surface area (Å²) in [6.45, 7) is 1.56. The van der Waals surface area contributed by atoms with E-state index in [-0.39, 0.29) is 22.9 Å². The van der Waals surface area contributed by atoms with Crippen LogP contribution in [0.4, 0.5) is 10.1 Å². The molecule has 4 N–H and O–H groups in total. The predicted molar refractivity (Wildman–Crippen MR) is 113 cm³/mol. The van der Waals surface area contributed by atoms with Crippen molar-refractivity contribution in [3.8, 4) is 16.9 Å². The van der Waals surface area contributed by atoms with Crippen molar-refractivity contribution in [1.29, 1.82) is 0 Å². The number of methoxy groups -OCH3 is 1. The lowest BCUT2D eigenvalue weighted by Crippen LogP contribution is -2.57. The van der Waals surface area contributed by atoms with Crippen molar-refractivity contribution in [1.82, 2.24) is 5.32 Å². The number of hydrogen-bond acceptors (Lipinski definition) is 4. The number of carbonyl (C=O) groups excluding carboxylic acids is 1. The van der Waals surface area contributed by atoms with Gasteiger partial charge in [0.1, 0.15) is 5.54 Å². The first-order valence-electron chi connectivity index (χ1n) is 10.1. The average molecular weight is 414 g/mol. The Morgan fingerprint density at radius 2 is 1.77 bits per heavy atom. The summed E-state index contributed by atoms with van der Waals surface area (Å²) in [6.07, 6.45) is 4.53. The van der Waals surface area contributed by atoms with E-state index in [1.807, 2.05) is 0 Å². The molecule has 1 saturated carbocycles. The van der Waals surface area contributed by atoms with Gasteiger partial charge in [0, 0.05) is 5.69 Å². The fourth-order valence-electron chi connectivity index (χ4n) is 4.11. The molecular formula is C23H27FN2O4. The van der Waals surface area contributed by atoms with E-state index in [9.17, 15) is 19.1 Å². The third-order valence-corrected chi connectivity index (χ3v) is 6.02. The van der Waals surface area contributed by atoms with Crippen LogP contribution in [-0.4, -0.2) is 29.6 Å². The van der Waals surface area contributed by atoms with Gasteiger partial charge in [-0.25, -0.2) is 9.18 Å². The molecule has 0 heterocycles. The molecular weight excluding hydrogens is 387 g/mol. The van der Waals surface area contributed by atoms with E-state index in [0.29, 0.717) is 11.1 Å². The molecule has 1 aliphatic rings. The molecule has 2 aromatic rings. The summed E-state index contributed by atoms with van der Waals surface area (Å²) in [7, 11) is 1.39. The van der Waals surface area contributed by atoms with E-state index in [2.05, 4.69) is 5.32 Å². The molecule has 0 unspecified atom stereocenters. The molecule has 0 bridgehead atoms. The van der Waals surface area contributed by atoms with Gasteiger partial charge in [-0.1, -0.05) is 31.4 Å². The van der Waals surface area contributed by atoms with Gasteiger partial charge >= 0.3 is 5.97 Å². The molecule has 6 nitrogen and oxygen atoms in total. The number of halogens is 1. The van der Waals surface area contributed by atoms with Gasteiger partial charge in [-0.05, 0) is 61.1 Å². The smallest absolute Gasteiger partial charge is 0.329 e. The second kappa shape index (κ2) is 8.73. The molecule has 0 aromatic heterocycles. The number of ether oxygens (including phenoxy) is 1. The number of anilines is 1. The lowest BCUT2D eigenvalue weighted by atomic mass is 9.75. The summed E-state index contributed by atoms with van der Waals surface area (Å²) in [6, 6.07) is 9.31. The quantitative estimate of drug-likeness (QED) is 0.614. The number of amides is 1. The molecule has 1 atom stereocenters. The van der Waals surface area contributed by atoms with Gasteiger partial charge in [-0.3, -0.25) is 4.79 Å². The van der Waals surface area contributed by atoms with Crippen molar-refractivity contribution in [3.63, 3.8) is 0 Å². The molecule has 160 valence electrons. The molecule has 0 saturated heterocycles. The first kappa shape index (κ1) is 21.6. The largest absolute Gasteiger partial charge is 0.494 e. The van der Waals surface area contributed by atoms with Crippen molar-refractivity contribution in [2.45, 2.75) is 44.6 Å². The zero-order chi connectivity index (χ0) is 21.9. The molecule has 0 radical (unpaired) electrons. The van der Waals surface area contributed by atoms with E-state index in [1.54, 1.807) is 25.1 Å². The second-order valence-corrected chi connectivity index (χ2v) is 7.95. The molecule has 0 spiro atoms. The third kappa shape index (κ3) is 4.25. The monoisotopic (exact) mass is 414 g/mol. The highest BCUT2D eigenvalue weighted by atomic mass is 19.1. The number of rotatable bonds is 6. The molecule has 7 heteroatoms. The zero-order valence-electron chi connectivity index (χ0n) is 17.2. The number of benzene rings is 2. The first-order valence-corrected chi connectivity index (χ1v) is 10.1. The number of carbonyl (C=O) groups is 2. The topological polar surface area (TPSA) is 102 Å². The van der Waals surface area contributed by atoms with E-state index < -0.39 is 23.2 Å². The van der Waals surface area contributed by atoms with Crippen LogP contribution in [0.15, 0.2) is 36.4 Å². The lowest BCUT2D eigenvalue weighted by Gasteiger charge is -2.37. The van der Waals surface area contributed by atoms with Crippen LogP contribution in [0.5, 0.6) is 5.75 Å². The summed E-state index contributed by atoms with van der Waals surface area (Å²) in [5, 5.41) is 12.5. The second-order valence-electron chi connectivity index (χ2n) is 7.95. The molecule has 0 aliphatic heterocycles. The Bertz CT molecular complexity index is 956. The lowest BCUT2D eigenvalue weighted by molar-refractivity contribution is -0.146. The molecule has 3 rings (SSSR count). The molecule has 2 aromatic carbocycles. The molecule has 1 amide bonds. The van der Waals surface area contributed by atoms with Crippen molar-refractivity contribution >= 4 is 17.6 Å². The van der Waals surface area contributed by atoms with Crippen molar-refractivity contribution in [2.24, 2.45) is 5.92 Å². The normalized spacial score (nSPS) is 16.5. The summed E-state index contributed by atoms with van der Waals surface area (Å²) in [5.41, 5.74) is 6.35. The van der Waals surface area contributed by atoms with Crippen molar-refractivity contribution < 1.29 is 23.8 Å². The van der Waals surface area contributed by atoms with Crippen molar-refractivity contribution in [2.75, 3.05) is 12.8 Å². The van der Waals surface area contributed by atoms with E-state index in [0.717, 1.165) is 32.1 Å². The number of carboxylic acid groups (broad SMARTS) is 1. The fraction of sp³-hybridized carbons (Fsp3) is 0.391. The van der Waals surface area contributed by atoms with E-state index in [1.165, 1.54) is 25.3 Å². The number of carboxylic acids is 1. The molecule has 1 fully saturated rings. The Morgan fingerprint density at radius 1 is 1.13 bits per heavy atom. The Balaban J connectivity index is 1.84. The zero-order valence-corrected chi connectivity index (χ0v) is 17.2. The number of nitrogens with two attached hydrogens (primary N) is 1. The van der Waals surface area contributed by atoms with Gasteiger partial charge in [-0.2, -0.15) is 0 Å². The van der Waals surface area contributed by atoms with E-state index in [4.69, 9.17) is 10.5 Å². The maximum atomic E-state index is 14.0. The van der Waals surface area contributed by atoms with Gasteiger partial charge in [-0.15, -0.1) is 0 Å². The molecule has 1 aliphatic carbocycles. The van der Waals surface area contributed by atoms with Crippen LogP contribution in [-0.2, 0) is 4.79 Å². The van der Waals surface area contributed by atoms with E-state index >= 15 is 0 Å². The van der Waals surface area contributed by atoms with Crippen LogP contribution < -0.4 is 15.8 Å². The summed E-state index contributed by atoms with van der Waals surface area (Å²) in [4.78, 5) is 24.9. The first-order chi connectivity index (χ1) is 14.3. The third-order valence-electron chi connectivity index (χ3n) is 6.02. The molecule has 30 heavy (non-hydrogen) atoms. The summed E-state index contributed by atoms with van der Waals surface area (Å²) < 4.78 is 18.9. The van der Waals surface area contributed by atoms with Gasteiger partial charge in [0.05, 0.1) is 12.7 Å². The summed E-state index contributed by atoms with van der Waals surface area (Å²) >= 11 is 0.